The molecule has 10 nitrogen and oxygen atoms in total. The quantitative estimate of drug-likeness (QED) is 0.216. The van der Waals surface area contributed by atoms with Gasteiger partial charge in [-0.3, -0.25) is 9.59 Å². The van der Waals surface area contributed by atoms with E-state index < -0.39 is 23.4 Å². The summed E-state index contributed by atoms with van der Waals surface area (Å²) in [5.41, 5.74) is 3.25. The Morgan fingerprint density at radius 1 is 1.00 bits per heavy atom. The highest BCUT2D eigenvalue weighted by Gasteiger charge is 2.44. The topological polar surface area (TPSA) is 97.9 Å². The first-order valence-electron chi connectivity index (χ1n) is 17.3. The average molecular weight is 688 g/mol. The van der Waals surface area contributed by atoms with E-state index >= 15 is 0 Å². The molecule has 6 rings (SSSR count). The number of rotatable bonds is 10. The number of carbonyl (C=O) groups is 3. The van der Waals surface area contributed by atoms with Crippen LogP contribution < -0.4 is 19.3 Å². The summed E-state index contributed by atoms with van der Waals surface area (Å²) in [4.78, 5) is 46.5. The van der Waals surface area contributed by atoms with Crippen LogP contribution in [0.5, 0.6) is 11.5 Å². The van der Waals surface area contributed by atoms with E-state index in [4.69, 9.17) is 18.9 Å². The van der Waals surface area contributed by atoms with E-state index in [-0.39, 0.29) is 42.7 Å². The zero-order valence-electron chi connectivity index (χ0n) is 29.4. The molecule has 0 unspecified atom stereocenters. The van der Waals surface area contributed by atoms with Crippen molar-refractivity contribution in [3.8, 4) is 22.6 Å². The van der Waals surface area contributed by atoms with E-state index in [1.807, 2.05) is 68.1 Å². The first-order chi connectivity index (χ1) is 24.0. The number of carbonyl (C=O) groups excluding carboxylic acids is 3. The SMILES string of the molecule is COCCCN1C(=O)COc2ccc(N(C(=O)[C@H]3CN(C(=O)OC(C)(C)C)CC[C@@H]3c3cccc(-c4ccc(F)c(OC)c4)c3)C3CC3)cc21. The Hall–Kier alpha value is -4.64. The fourth-order valence-corrected chi connectivity index (χ4v) is 6.86. The van der Waals surface area contributed by atoms with Crippen molar-refractivity contribution in [3.05, 3.63) is 72.0 Å². The van der Waals surface area contributed by atoms with Gasteiger partial charge in [-0.1, -0.05) is 30.3 Å². The largest absolute Gasteiger partial charge is 0.494 e. The van der Waals surface area contributed by atoms with Crippen LogP contribution in [0.1, 0.15) is 57.9 Å². The summed E-state index contributed by atoms with van der Waals surface area (Å²) in [7, 11) is 3.07. The van der Waals surface area contributed by atoms with E-state index in [0.717, 1.165) is 29.5 Å². The maximum absolute atomic E-state index is 15.0. The maximum Gasteiger partial charge on any atom is 0.410 e. The van der Waals surface area contributed by atoms with Crippen molar-refractivity contribution < 1.29 is 37.7 Å². The lowest BCUT2D eigenvalue weighted by Gasteiger charge is -2.41. The molecule has 1 saturated carbocycles. The maximum atomic E-state index is 15.0. The zero-order chi connectivity index (χ0) is 35.6. The van der Waals surface area contributed by atoms with Crippen LogP contribution in [0.25, 0.3) is 11.1 Å². The van der Waals surface area contributed by atoms with Crippen LogP contribution in [0.2, 0.25) is 0 Å². The summed E-state index contributed by atoms with van der Waals surface area (Å²) in [5, 5.41) is 0. The molecule has 0 spiro atoms. The van der Waals surface area contributed by atoms with Gasteiger partial charge in [-0.2, -0.15) is 0 Å². The molecule has 3 amide bonds. The van der Waals surface area contributed by atoms with E-state index in [9.17, 15) is 18.8 Å². The third-order valence-electron chi connectivity index (χ3n) is 9.42. The Morgan fingerprint density at radius 3 is 2.50 bits per heavy atom. The number of nitrogens with zero attached hydrogens (tertiary/aromatic N) is 3. The molecule has 1 aliphatic carbocycles. The summed E-state index contributed by atoms with van der Waals surface area (Å²) < 4.78 is 36.2. The molecule has 2 fully saturated rings. The van der Waals surface area contributed by atoms with Crippen molar-refractivity contribution in [2.45, 2.75) is 64.0 Å². The van der Waals surface area contributed by atoms with Crippen molar-refractivity contribution in [1.29, 1.82) is 0 Å². The molecule has 3 aromatic rings. The molecular formula is C39H46FN3O7. The molecule has 3 aromatic carbocycles. The lowest BCUT2D eigenvalue weighted by atomic mass is 9.78. The Labute approximate surface area is 293 Å². The molecule has 50 heavy (non-hydrogen) atoms. The third kappa shape index (κ3) is 7.72. The van der Waals surface area contributed by atoms with Crippen LogP contribution in [-0.2, 0) is 19.1 Å². The average Bonchev–Trinajstić information content (AvgIpc) is 3.94. The fourth-order valence-electron chi connectivity index (χ4n) is 6.86. The van der Waals surface area contributed by atoms with Crippen molar-refractivity contribution in [3.63, 3.8) is 0 Å². The number of halogens is 1. The molecule has 0 N–H and O–H groups in total. The molecule has 0 aromatic heterocycles. The Morgan fingerprint density at radius 2 is 1.78 bits per heavy atom. The molecule has 0 bridgehead atoms. The van der Waals surface area contributed by atoms with Crippen LogP contribution in [0, 0.1) is 11.7 Å². The highest BCUT2D eigenvalue weighted by Crippen LogP contribution is 2.43. The van der Waals surface area contributed by atoms with E-state index in [0.29, 0.717) is 49.7 Å². The van der Waals surface area contributed by atoms with Crippen molar-refractivity contribution in [1.82, 2.24) is 4.90 Å². The molecule has 266 valence electrons. The first kappa shape index (κ1) is 35.2. The molecule has 2 heterocycles. The van der Waals surface area contributed by atoms with Gasteiger partial charge in [0.25, 0.3) is 5.91 Å². The van der Waals surface area contributed by atoms with Crippen LogP contribution in [-0.4, -0.2) is 81.5 Å². The number of likely N-dealkylation sites (tertiary alicyclic amines) is 1. The monoisotopic (exact) mass is 687 g/mol. The predicted molar refractivity (Wildman–Crippen MR) is 188 cm³/mol. The van der Waals surface area contributed by atoms with Crippen LogP contribution in [0.4, 0.5) is 20.6 Å². The lowest BCUT2D eigenvalue weighted by molar-refractivity contribution is -0.124. The second-order valence-electron chi connectivity index (χ2n) is 14.2. The van der Waals surface area contributed by atoms with Gasteiger partial charge in [-0.25, -0.2) is 9.18 Å². The van der Waals surface area contributed by atoms with Gasteiger partial charge >= 0.3 is 6.09 Å². The Balaban J connectivity index is 1.35. The smallest absolute Gasteiger partial charge is 0.410 e. The number of fused-ring (bicyclic) bond motifs is 1. The number of ether oxygens (including phenoxy) is 4. The predicted octanol–water partition coefficient (Wildman–Crippen LogP) is 6.80. The number of piperidine rings is 1. The first-order valence-corrected chi connectivity index (χ1v) is 17.3. The minimum Gasteiger partial charge on any atom is -0.494 e. The van der Waals surface area contributed by atoms with E-state index in [1.54, 1.807) is 29.0 Å². The number of methoxy groups -OCH3 is 2. The second kappa shape index (κ2) is 14.7. The Kier molecular flexibility index (Phi) is 10.3. The van der Waals surface area contributed by atoms with Gasteiger partial charge in [0.15, 0.2) is 18.2 Å². The Bertz CT molecular complexity index is 1740. The lowest BCUT2D eigenvalue weighted by Crippen LogP contribution is -2.51. The summed E-state index contributed by atoms with van der Waals surface area (Å²) in [5.74, 6) is -0.720. The molecule has 1 saturated heterocycles. The summed E-state index contributed by atoms with van der Waals surface area (Å²) in [6, 6.07) is 18.3. The van der Waals surface area contributed by atoms with Gasteiger partial charge in [0.2, 0.25) is 5.91 Å². The van der Waals surface area contributed by atoms with Gasteiger partial charge < -0.3 is 33.6 Å². The summed E-state index contributed by atoms with van der Waals surface area (Å²) >= 11 is 0. The number of anilines is 2. The minimum absolute atomic E-state index is 0.00160. The summed E-state index contributed by atoms with van der Waals surface area (Å²) in [6.45, 7) is 7.03. The van der Waals surface area contributed by atoms with Crippen LogP contribution in [0.15, 0.2) is 60.7 Å². The van der Waals surface area contributed by atoms with Crippen LogP contribution >= 0.6 is 0 Å². The van der Waals surface area contributed by atoms with Gasteiger partial charge in [-0.15, -0.1) is 0 Å². The van der Waals surface area contributed by atoms with Gasteiger partial charge in [-0.05, 0) is 99.4 Å². The van der Waals surface area contributed by atoms with Gasteiger partial charge in [0.05, 0.1) is 18.7 Å². The van der Waals surface area contributed by atoms with Crippen molar-refractivity contribution >= 4 is 29.3 Å². The molecule has 2 atom stereocenters. The van der Waals surface area contributed by atoms with E-state index in [2.05, 4.69) is 0 Å². The van der Waals surface area contributed by atoms with Crippen LogP contribution in [0.3, 0.4) is 0 Å². The van der Waals surface area contributed by atoms with Crippen molar-refractivity contribution in [2.75, 3.05) is 56.9 Å². The normalized spacial score (nSPS) is 19.0. The van der Waals surface area contributed by atoms with Gasteiger partial charge in [0.1, 0.15) is 11.4 Å². The highest BCUT2D eigenvalue weighted by atomic mass is 19.1. The molecule has 2 aliphatic heterocycles. The van der Waals surface area contributed by atoms with Gasteiger partial charge in [0, 0.05) is 45.1 Å². The molecule has 11 heteroatoms. The molecule has 3 aliphatic rings. The number of hydrogen-bond donors (Lipinski definition) is 0. The highest BCUT2D eigenvalue weighted by molar-refractivity contribution is 6.01. The minimum atomic E-state index is -0.685. The zero-order valence-corrected chi connectivity index (χ0v) is 29.4. The third-order valence-corrected chi connectivity index (χ3v) is 9.42. The number of benzene rings is 3. The van der Waals surface area contributed by atoms with E-state index in [1.165, 1.54) is 13.2 Å². The second-order valence-corrected chi connectivity index (χ2v) is 14.2. The van der Waals surface area contributed by atoms with Crippen molar-refractivity contribution in [2.24, 2.45) is 5.92 Å². The number of amides is 3. The fraction of sp³-hybridized carbons (Fsp3) is 0.462. The number of hydrogen-bond acceptors (Lipinski definition) is 7. The summed E-state index contributed by atoms with van der Waals surface area (Å²) in [6.07, 6.45) is 2.46. The molecule has 0 radical (unpaired) electrons. The molecular weight excluding hydrogens is 641 g/mol. The standard InChI is InChI=1S/C39H46FN3O7/c1-39(2,3)50-38(46)41-18-16-30(27-9-6-8-25(20-27)26-10-14-32(40)35(21-26)48-5)31(23-41)37(45)43(28-11-12-28)29-13-15-34-33(22-29)42(17-7-19-47-4)36(44)24-49-34/h6,8-10,13-15,20-22,28,30-31H,7,11-12,16-19,23-24H2,1-5H3/t30-,31+/m1/s1.